The topological polar surface area (TPSA) is 46.2 Å². The summed E-state index contributed by atoms with van der Waals surface area (Å²) >= 11 is 1.80. The summed E-state index contributed by atoms with van der Waals surface area (Å²) in [7, 11) is -3.51. The molecule has 0 radical (unpaired) electrons. The zero-order valence-corrected chi connectivity index (χ0v) is 18.5. The molecule has 0 bridgehead atoms. The van der Waals surface area contributed by atoms with E-state index in [1.807, 2.05) is 37.3 Å². The van der Waals surface area contributed by atoms with Crippen LogP contribution in [0.5, 0.6) is 0 Å². The second-order valence-corrected chi connectivity index (χ2v) is 11.6. The van der Waals surface area contributed by atoms with Crippen molar-refractivity contribution in [2.45, 2.75) is 66.9 Å². The van der Waals surface area contributed by atoms with Gasteiger partial charge in [0.25, 0.3) is 0 Å². The van der Waals surface area contributed by atoms with Crippen molar-refractivity contribution >= 4 is 21.8 Å². The van der Waals surface area contributed by atoms with Gasteiger partial charge in [0.2, 0.25) is 10.0 Å². The Kier molecular flexibility index (Phi) is 7.24. The van der Waals surface area contributed by atoms with Gasteiger partial charge in [-0.3, -0.25) is 0 Å². The average Bonchev–Trinajstić information content (AvgIpc) is 2.68. The highest BCUT2D eigenvalue weighted by molar-refractivity contribution is 8.00. The molecule has 1 aliphatic carbocycles. The zero-order chi connectivity index (χ0) is 20.0. The molecule has 2 aromatic rings. The third-order valence-corrected chi connectivity index (χ3v) is 8.25. The van der Waals surface area contributed by atoms with Crippen molar-refractivity contribution in [3.8, 4) is 0 Å². The van der Waals surface area contributed by atoms with Crippen molar-refractivity contribution in [3.05, 3.63) is 60.2 Å². The highest BCUT2D eigenvalue weighted by Gasteiger charge is 2.32. The molecular weight excluding hydrogens is 386 g/mol. The molecule has 1 atom stereocenters. The molecular formula is C23H31NO2S2. The summed E-state index contributed by atoms with van der Waals surface area (Å²) in [6.45, 7) is 4.60. The molecule has 3 nitrogen and oxygen atoms in total. The SMILES string of the molecule is Cc1ccc(S(=O)(=O)NCC(C)(CC2CCCCC2)Sc2ccccc2)cc1. The van der Waals surface area contributed by atoms with Crippen molar-refractivity contribution in [3.63, 3.8) is 0 Å². The van der Waals surface area contributed by atoms with Crippen molar-refractivity contribution < 1.29 is 8.42 Å². The second-order valence-electron chi connectivity index (χ2n) is 8.21. The first-order chi connectivity index (χ1) is 13.4. The molecule has 1 unspecified atom stereocenters. The highest BCUT2D eigenvalue weighted by atomic mass is 32.2. The van der Waals surface area contributed by atoms with E-state index >= 15 is 0 Å². The summed E-state index contributed by atoms with van der Waals surface area (Å²) in [5, 5.41) is 0. The molecule has 1 aliphatic rings. The van der Waals surface area contributed by atoms with Gasteiger partial charge >= 0.3 is 0 Å². The maximum absolute atomic E-state index is 12.8. The van der Waals surface area contributed by atoms with Gasteiger partial charge in [0.1, 0.15) is 0 Å². The van der Waals surface area contributed by atoms with Gasteiger partial charge in [-0.05, 0) is 50.5 Å². The van der Waals surface area contributed by atoms with E-state index in [2.05, 4.69) is 23.8 Å². The Morgan fingerprint density at radius 2 is 1.64 bits per heavy atom. The molecule has 0 saturated heterocycles. The van der Waals surface area contributed by atoms with Crippen molar-refractivity contribution in [2.24, 2.45) is 5.92 Å². The lowest BCUT2D eigenvalue weighted by Gasteiger charge is -2.34. The standard InChI is InChI=1S/C23H31NO2S2/c1-19-13-15-22(16-14-19)28(25,26)24-18-23(2,17-20-9-5-3-6-10-20)27-21-11-7-4-8-12-21/h4,7-8,11-16,20,24H,3,5-6,9-10,17-18H2,1-2H3. The summed E-state index contributed by atoms with van der Waals surface area (Å²) in [4.78, 5) is 1.53. The lowest BCUT2D eigenvalue weighted by atomic mass is 9.83. The largest absolute Gasteiger partial charge is 0.240 e. The monoisotopic (exact) mass is 417 g/mol. The van der Waals surface area contributed by atoms with E-state index in [1.165, 1.54) is 37.0 Å². The zero-order valence-electron chi connectivity index (χ0n) is 16.9. The number of rotatable bonds is 8. The maximum atomic E-state index is 12.8. The van der Waals surface area contributed by atoms with Crippen LogP contribution in [0, 0.1) is 12.8 Å². The molecule has 1 fully saturated rings. The molecule has 2 aromatic carbocycles. The van der Waals surface area contributed by atoms with E-state index in [9.17, 15) is 8.42 Å². The Morgan fingerprint density at radius 1 is 1.00 bits per heavy atom. The molecule has 0 spiro atoms. The summed E-state index contributed by atoms with van der Waals surface area (Å²) in [5.74, 6) is 0.679. The van der Waals surface area contributed by atoms with E-state index in [-0.39, 0.29) is 4.75 Å². The highest BCUT2D eigenvalue weighted by Crippen LogP contribution is 2.41. The molecule has 152 valence electrons. The molecule has 1 N–H and O–H groups in total. The number of hydrogen-bond donors (Lipinski definition) is 1. The fourth-order valence-corrected chi connectivity index (χ4v) is 6.56. The number of benzene rings is 2. The van der Waals surface area contributed by atoms with Crippen molar-refractivity contribution in [1.29, 1.82) is 0 Å². The number of hydrogen-bond acceptors (Lipinski definition) is 3. The van der Waals surface area contributed by atoms with Gasteiger partial charge in [0.05, 0.1) is 4.90 Å². The van der Waals surface area contributed by atoms with Crippen molar-refractivity contribution in [1.82, 2.24) is 4.72 Å². The van der Waals surface area contributed by atoms with Crippen LogP contribution in [0.3, 0.4) is 0 Å². The van der Waals surface area contributed by atoms with Gasteiger partial charge in [0, 0.05) is 16.2 Å². The minimum Gasteiger partial charge on any atom is -0.210 e. The molecule has 0 heterocycles. The van der Waals surface area contributed by atoms with E-state index in [4.69, 9.17) is 0 Å². The van der Waals surface area contributed by atoms with E-state index in [0.29, 0.717) is 17.4 Å². The number of sulfonamides is 1. The van der Waals surface area contributed by atoms with Gasteiger partial charge in [-0.2, -0.15) is 0 Å². The van der Waals surface area contributed by atoms with Crippen molar-refractivity contribution in [2.75, 3.05) is 6.54 Å². The minimum atomic E-state index is -3.51. The fourth-order valence-electron chi connectivity index (χ4n) is 3.97. The van der Waals surface area contributed by atoms with Crippen LogP contribution in [-0.4, -0.2) is 19.7 Å². The van der Waals surface area contributed by atoms with Gasteiger partial charge < -0.3 is 0 Å². The second kappa shape index (κ2) is 9.47. The first-order valence-electron chi connectivity index (χ1n) is 10.2. The van der Waals surface area contributed by atoms with Gasteiger partial charge in [-0.15, -0.1) is 11.8 Å². The van der Waals surface area contributed by atoms with E-state index in [1.54, 1.807) is 23.9 Å². The molecule has 28 heavy (non-hydrogen) atoms. The Balaban J connectivity index is 1.74. The third kappa shape index (κ3) is 6.10. The normalized spacial score (nSPS) is 17.9. The van der Waals surface area contributed by atoms with Gasteiger partial charge in [0.15, 0.2) is 0 Å². The minimum absolute atomic E-state index is 0.179. The van der Waals surface area contributed by atoms with Crippen LogP contribution in [0.1, 0.15) is 51.0 Å². The summed E-state index contributed by atoms with van der Waals surface area (Å²) < 4.78 is 28.3. The molecule has 0 aliphatic heterocycles. The van der Waals surface area contributed by atoms with Gasteiger partial charge in [-0.1, -0.05) is 68.0 Å². The molecule has 0 amide bonds. The number of thioether (sulfide) groups is 1. The molecule has 3 rings (SSSR count). The Morgan fingerprint density at radius 3 is 2.29 bits per heavy atom. The Labute approximate surface area is 174 Å². The molecule has 5 heteroatoms. The quantitative estimate of drug-likeness (QED) is 0.553. The lowest BCUT2D eigenvalue weighted by Crippen LogP contribution is -2.40. The van der Waals surface area contributed by atoms with Gasteiger partial charge in [-0.25, -0.2) is 13.1 Å². The number of nitrogens with one attached hydrogen (secondary N) is 1. The summed E-state index contributed by atoms with van der Waals surface area (Å²) in [5.41, 5.74) is 1.06. The van der Waals surface area contributed by atoms with Crippen LogP contribution in [0.2, 0.25) is 0 Å². The molecule has 0 aromatic heterocycles. The van der Waals surface area contributed by atoms with Crippen LogP contribution in [0.15, 0.2) is 64.4 Å². The van der Waals surface area contributed by atoms with E-state index < -0.39 is 10.0 Å². The predicted molar refractivity (Wildman–Crippen MR) is 118 cm³/mol. The van der Waals surface area contributed by atoms with Crippen LogP contribution in [0.4, 0.5) is 0 Å². The lowest BCUT2D eigenvalue weighted by molar-refractivity contribution is 0.310. The first-order valence-corrected chi connectivity index (χ1v) is 12.5. The van der Waals surface area contributed by atoms with Crippen LogP contribution in [-0.2, 0) is 10.0 Å². The van der Waals surface area contributed by atoms with Crippen LogP contribution >= 0.6 is 11.8 Å². The predicted octanol–water partition coefficient (Wildman–Crippen LogP) is 5.79. The van der Waals surface area contributed by atoms with E-state index in [0.717, 1.165) is 12.0 Å². The summed E-state index contributed by atoms with van der Waals surface area (Å²) in [6, 6.07) is 17.4. The van der Waals surface area contributed by atoms with Crippen LogP contribution < -0.4 is 4.72 Å². The molecule has 1 saturated carbocycles. The summed E-state index contributed by atoms with van der Waals surface area (Å²) in [6.07, 6.45) is 7.48. The fraction of sp³-hybridized carbons (Fsp3) is 0.478. The maximum Gasteiger partial charge on any atom is 0.240 e. The Bertz CT molecular complexity index is 844. The Hall–Kier alpha value is -1.30. The average molecular weight is 418 g/mol. The third-order valence-electron chi connectivity index (χ3n) is 5.52. The number of aryl methyl sites for hydroxylation is 1. The smallest absolute Gasteiger partial charge is 0.210 e. The van der Waals surface area contributed by atoms with Crippen LogP contribution in [0.25, 0.3) is 0 Å². The first kappa shape index (κ1) is 21.4.